The molecule has 1 saturated heterocycles. The SMILES string of the molecule is CC(C)Oc1nccc2ccc(N3CCCC3C(=O)O)cc12. The van der Waals surface area contributed by atoms with Crippen LogP contribution in [0.5, 0.6) is 5.88 Å². The highest BCUT2D eigenvalue weighted by molar-refractivity contribution is 5.90. The van der Waals surface area contributed by atoms with E-state index in [1.165, 1.54) is 0 Å². The molecule has 5 nitrogen and oxygen atoms in total. The Labute approximate surface area is 129 Å². The number of nitrogens with zero attached hydrogens (tertiary/aromatic N) is 2. The Morgan fingerprint density at radius 3 is 2.95 bits per heavy atom. The van der Waals surface area contributed by atoms with Crippen molar-refractivity contribution in [1.29, 1.82) is 0 Å². The van der Waals surface area contributed by atoms with Crippen molar-refractivity contribution in [3.05, 3.63) is 30.5 Å². The van der Waals surface area contributed by atoms with Crippen LogP contribution < -0.4 is 9.64 Å². The number of carboxylic acids is 1. The number of carboxylic acid groups (broad SMARTS) is 1. The molecule has 2 heterocycles. The highest BCUT2D eigenvalue weighted by Crippen LogP contribution is 2.32. The summed E-state index contributed by atoms with van der Waals surface area (Å²) in [4.78, 5) is 17.6. The number of fused-ring (bicyclic) bond motifs is 1. The van der Waals surface area contributed by atoms with E-state index in [1.54, 1.807) is 6.20 Å². The second-order valence-electron chi connectivity index (χ2n) is 5.88. The molecule has 0 radical (unpaired) electrons. The molecule has 0 spiro atoms. The number of rotatable bonds is 4. The zero-order valence-corrected chi connectivity index (χ0v) is 12.8. The molecule has 3 rings (SSSR count). The van der Waals surface area contributed by atoms with E-state index in [-0.39, 0.29) is 6.10 Å². The molecule has 0 saturated carbocycles. The highest BCUT2D eigenvalue weighted by atomic mass is 16.5. The molecule has 1 aromatic heterocycles. The molecule has 2 aromatic rings. The van der Waals surface area contributed by atoms with E-state index in [9.17, 15) is 9.90 Å². The average Bonchev–Trinajstić information content (AvgIpc) is 2.96. The number of benzene rings is 1. The Kier molecular flexibility index (Phi) is 3.88. The number of ether oxygens (including phenoxy) is 1. The van der Waals surface area contributed by atoms with Gasteiger partial charge in [-0.05, 0) is 50.3 Å². The largest absolute Gasteiger partial charge is 0.480 e. The van der Waals surface area contributed by atoms with Crippen LogP contribution in [0, 0.1) is 0 Å². The van der Waals surface area contributed by atoms with E-state index < -0.39 is 12.0 Å². The number of hydrogen-bond donors (Lipinski definition) is 1. The summed E-state index contributed by atoms with van der Waals surface area (Å²) < 4.78 is 5.77. The number of aromatic nitrogens is 1. The van der Waals surface area contributed by atoms with Gasteiger partial charge in [-0.25, -0.2) is 9.78 Å². The van der Waals surface area contributed by atoms with Crippen molar-refractivity contribution in [3.63, 3.8) is 0 Å². The molecule has 1 atom stereocenters. The molecule has 1 aliphatic heterocycles. The zero-order valence-electron chi connectivity index (χ0n) is 12.8. The lowest BCUT2D eigenvalue weighted by Crippen LogP contribution is -2.35. The van der Waals surface area contributed by atoms with Gasteiger partial charge in [0.05, 0.1) is 6.10 Å². The van der Waals surface area contributed by atoms with E-state index in [1.807, 2.05) is 43.0 Å². The lowest BCUT2D eigenvalue weighted by molar-refractivity contribution is -0.138. The first-order valence-electron chi connectivity index (χ1n) is 7.61. The standard InChI is InChI=1S/C17H20N2O3/c1-11(2)22-16-14-10-13(6-5-12(14)7-8-18-16)19-9-3-4-15(19)17(20)21/h5-8,10-11,15H,3-4,9H2,1-2H3,(H,20,21). The van der Waals surface area contributed by atoms with Crippen LogP contribution in [0.3, 0.4) is 0 Å². The molecule has 0 aliphatic carbocycles. The first kappa shape index (κ1) is 14.6. The van der Waals surface area contributed by atoms with Crippen molar-refractivity contribution in [3.8, 4) is 5.88 Å². The van der Waals surface area contributed by atoms with Crippen LogP contribution in [-0.4, -0.2) is 34.8 Å². The van der Waals surface area contributed by atoms with Crippen LogP contribution in [0.25, 0.3) is 10.8 Å². The summed E-state index contributed by atoms with van der Waals surface area (Å²) >= 11 is 0. The Bertz CT molecular complexity index is 699. The van der Waals surface area contributed by atoms with E-state index in [0.717, 1.165) is 29.4 Å². The summed E-state index contributed by atoms with van der Waals surface area (Å²) in [6.07, 6.45) is 3.36. The van der Waals surface area contributed by atoms with E-state index >= 15 is 0 Å². The number of aliphatic carboxylic acids is 1. The zero-order chi connectivity index (χ0) is 15.7. The van der Waals surface area contributed by atoms with Gasteiger partial charge in [0.15, 0.2) is 0 Å². The van der Waals surface area contributed by atoms with Crippen LogP contribution in [0.1, 0.15) is 26.7 Å². The number of anilines is 1. The Hall–Kier alpha value is -2.30. The van der Waals surface area contributed by atoms with E-state index in [0.29, 0.717) is 12.3 Å². The first-order chi connectivity index (χ1) is 10.6. The van der Waals surface area contributed by atoms with Gasteiger partial charge in [0.1, 0.15) is 6.04 Å². The average molecular weight is 300 g/mol. The minimum Gasteiger partial charge on any atom is -0.480 e. The van der Waals surface area contributed by atoms with Crippen LogP contribution in [0.4, 0.5) is 5.69 Å². The van der Waals surface area contributed by atoms with E-state index in [4.69, 9.17) is 4.74 Å². The van der Waals surface area contributed by atoms with Gasteiger partial charge >= 0.3 is 5.97 Å². The quantitative estimate of drug-likeness (QED) is 0.940. The molecule has 1 N–H and O–H groups in total. The smallest absolute Gasteiger partial charge is 0.326 e. The van der Waals surface area contributed by atoms with Gasteiger partial charge in [-0.1, -0.05) is 6.07 Å². The summed E-state index contributed by atoms with van der Waals surface area (Å²) in [5.41, 5.74) is 0.916. The maximum Gasteiger partial charge on any atom is 0.326 e. The van der Waals surface area contributed by atoms with Gasteiger partial charge < -0.3 is 14.7 Å². The Morgan fingerprint density at radius 1 is 1.41 bits per heavy atom. The van der Waals surface area contributed by atoms with Gasteiger partial charge in [0.2, 0.25) is 5.88 Å². The number of hydrogen-bond acceptors (Lipinski definition) is 4. The number of pyridine rings is 1. The molecule has 1 fully saturated rings. The number of carbonyl (C=O) groups is 1. The van der Waals surface area contributed by atoms with Crippen molar-refractivity contribution in [2.45, 2.75) is 38.8 Å². The van der Waals surface area contributed by atoms with Gasteiger partial charge in [-0.15, -0.1) is 0 Å². The van der Waals surface area contributed by atoms with Gasteiger partial charge in [0, 0.05) is 23.8 Å². The van der Waals surface area contributed by atoms with Gasteiger partial charge in [0.25, 0.3) is 0 Å². The third-order valence-electron chi connectivity index (χ3n) is 3.93. The van der Waals surface area contributed by atoms with Gasteiger partial charge in [-0.3, -0.25) is 0 Å². The van der Waals surface area contributed by atoms with E-state index in [2.05, 4.69) is 4.98 Å². The fourth-order valence-corrected chi connectivity index (χ4v) is 2.96. The maximum atomic E-state index is 11.4. The second-order valence-corrected chi connectivity index (χ2v) is 5.88. The van der Waals surface area contributed by atoms with Crippen LogP contribution in [0.15, 0.2) is 30.5 Å². The molecular formula is C17H20N2O3. The molecular weight excluding hydrogens is 280 g/mol. The first-order valence-corrected chi connectivity index (χ1v) is 7.61. The van der Waals surface area contributed by atoms with Crippen molar-refractivity contribution in [2.24, 2.45) is 0 Å². The van der Waals surface area contributed by atoms with Crippen LogP contribution in [0.2, 0.25) is 0 Å². The molecule has 1 unspecified atom stereocenters. The summed E-state index contributed by atoms with van der Waals surface area (Å²) in [6.45, 7) is 4.69. The van der Waals surface area contributed by atoms with Crippen molar-refractivity contribution < 1.29 is 14.6 Å². The molecule has 0 amide bonds. The van der Waals surface area contributed by atoms with Gasteiger partial charge in [-0.2, -0.15) is 0 Å². The predicted molar refractivity (Wildman–Crippen MR) is 85.5 cm³/mol. The summed E-state index contributed by atoms with van der Waals surface area (Å²) in [7, 11) is 0. The lowest BCUT2D eigenvalue weighted by atomic mass is 10.1. The normalized spacial score (nSPS) is 18.1. The topological polar surface area (TPSA) is 62.7 Å². The second kappa shape index (κ2) is 5.83. The Balaban J connectivity index is 2.03. The monoisotopic (exact) mass is 300 g/mol. The molecule has 5 heteroatoms. The highest BCUT2D eigenvalue weighted by Gasteiger charge is 2.30. The van der Waals surface area contributed by atoms with Crippen molar-refractivity contribution in [1.82, 2.24) is 4.98 Å². The Morgan fingerprint density at radius 2 is 2.23 bits per heavy atom. The molecule has 22 heavy (non-hydrogen) atoms. The third-order valence-corrected chi connectivity index (χ3v) is 3.93. The molecule has 1 aromatic carbocycles. The predicted octanol–water partition coefficient (Wildman–Crippen LogP) is 3.08. The van der Waals surface area contributed by atoms with Crippen LogP contribution >= 0.6 is 0 Å². The summed E-state index contributed by atoms with van der Waals surface area (Å²) in [5.74, 6) is -0.164. The minimum absolute atomic E-state index is 0.0420. The molecule has 0 bridgehead atoms. The fraction of sp³-hybridized carbons (Fsp3) is 0.412. The van der Waals surface area contributed by atoms with Crippen molar-refractivity contribution in [2.75, 3.05) is 11.4 Å². The summed E-state index contributed by atoms with van der Waals surface area (Å²) in [6, 6.07) is 7.45. The van der Waals surface area contributed by atoms with Crippen molar-refractivity contribution >= 4 is 22.4 Å². The molecule has 1 aliphatic rings. The third kappa shape index (κ3) is 2.71. The fourth-order valence-electron chi connectivity index (χ4n) is 2.96. The minimum atomic E-state index is -0.762. The maximum absolute atomic E-state index is 11.4. The lowest BCUT2D eigenvalue weighted by Gasteiger charge is -2.24. The van der Waals surface area contributed by atoms with Crippen LogP contribution in [-0.2, 0) is 4.79 Å². The summed E-state index contributed by atoms with van der Waals surface area (Å²) in [5, 5.41) is 11.3. The molecule has 116 valence electrons.